The fourth-order valence-corrected chi connectivity index (χ4v) is 2.08. The summed E-state index contributed by atoms with van der Waals surface area (Å²) in [6, 6.07) is 5.15. The van der Waals surface area contributed by atoms with Gasteiger partial charge in [0.2, 0.25) is 0 Å². The molecule has 0 aliphatic carbocycles. The molecule has 0 aromatic heterocycles. The van der Waals surface area contributed by atoms with Crippen molar-refractivity contribution in [2.75, 3.05) is 47.1 Å². The van der Waals surface area contributed by atoms with E-state index >= 15 is 0 Å². The molecule has 0 aliphatic rings. The maximum Gasteiger partial charge on any atom is 0.416 e. The Labute approximate surface area is 170 Å². The van der Waals surface area contributed by atoms with Crippen molar-refractivity contribution in [2.45, 2.75) is 19.6 Å². The van der Waals surface area contributed by atoms with Crippen molar-refractivity contribution >= 4 is 29.9 Å². The van der Waals surface area contributed by atoms with E-state index in [9.17, 15) is 13.2 Å². The standard InChI is InChI=1S/C17H26F3N3O2.HI/c1-4-21-16(22-9-10-25-12-11-24-3)23(2)13-14-5-7-15(8-6-14)17(18,19)20;/h5-8H,4,9-13H2,1-3H3,(H,21,22);1H. The van der Waals surface area contributed by atoms with E-state index in [0.717, 1.165) is 17.7 Å². The van der Waals surface area contributed by atoms with Gasteiger partial charge in [-0.05, 0) is 24.6 Å². The van der Waals surface area contributed by atoms with E-state index in [1.54, 1.807) is 7.11 Å². The van der Waals surface area contributed by atoms with Gasteiger partial charge in [0, 0.05) is 27.2 Å². The van der Waals surface area contributed by atoms with Gasteiger partial charge < -0.3 is 19.7 Å². The molecule has 0 heterocycles. The second kappa shape index (κ2) is 13.2. The minimum absolute atomic E-state index is 0. The van der Waals surface area contributed by atoms with E-state index in [1.165, 1.54) is 12.1 Å². The van der Waals surface area contributed by atoms with Gasteiger partial charge in [-0.15, -0.1) is 24.0 Å². The molecule has 1 aromatic rings. The summed E-state index contributed by atoms with van der Waals surface area (Å²) in [6.07, 6.45) is -4.32. The first-order chi connectivity index (χ1) is 11.9. The number of rotatable bonds is 9. The summed E-state index contributed by atoms with van der Waals surface area (Å²) in [5.41, 5.74) is 0.130. The number of guanidine groups is 1. The molecule has 0 aliphatic heterocycles. The van der Waals surface area contributed by atoms with Gasteiger partial charge in [-0.2, -0.15) is 13.2 Å². The fourth-order valence-electron chi connectivity index (χ4n) is 2.08. The van der Waals surface area contributed by atoms with Gasteiger partial charge in [0.15, 0.2) is 5.96 Å². The van der Waals surface area contributed by atoms with Gasteiger partial charge in [-0.1, -0.05) is 12.1 Å². The molecular weight excluding hydrogens is 462 g/mol. The highest BCUT2D eigenvalue weighted by atomic mass is 127. The van der Waals surface area contributed by atoms with Gasteiger partial charge in [0.1, 0.15) is 0 Å². The summed E-state index contributed by atoms with van der Waals surface area (Å²) in [5.74, 6) is 0.678. The summed E-state index contributed by atoms with van der Waals surface area (Å²) in [5, 5.41) is 3.16. The normalized spacial score (nSPS) is 11.8. The number of hydrogen-bond acceptors (Lipinski definition) is 3. The molecule has 0 saturated heterocycles. The topological polar surface area (TPSA) is 46.1 Å². The lowest BCUT2D eigenvalue weighted by atomic mass is 10.1. The Bertz CT molecular complexity index is 525. The van der Waals surface area contributed by atoms with E-state index in [4.69, 9.17) is 9.47 Å². The molecule has 1 N–H and O–H groups in total. The van der Waals surface area contributed by atoms with E-state index in [1.807, 2.05) is 18.9 Å². The van der Waals surface area contributed by atoms with Gasteiger partial charge in [-0.3, -0.25) is 4.99 Å². The molecule has 0 unspecified atom stereocenters. The highest BCUT2D eigenvalue weighted by molar-refractivity contribution is 14.0. The van der Waals surface area contributed by atoms with Crippen LogP contribution in [0.1, 0.15) is 18.1 Å². The summed E-state index contributed by atoms with van der Waals surface area (Å²) in [6.45, 7) is 5.13. The number of nitrogens with one attached hydrogen (secondary N) is 1. The molecule has 0 saturated carbocycles. The number of hydrogen-bond donors (Lipinski definition) is 1. The first kappa shape index (κ1) is 24.9. The van der Waals surface area contributed by atoms with Crippen molar-refractivity contribution in [3.63, 3.8) is 0 Å². The van der Waals surface area contributed by atoms with Crippen LogP contribution in [0.2, 0.25) is 0 Å². The van der Waals surface area contributed by atoms with Crippen LogP contribution in [0.15, 0.2) is 29.3 Å². The molecule has 0 amide bonds. The second-order valence-corrected chi connectivity index (χ2v) is 5.39. The number of benzene rings is 1. The fraction of sp³-hybridized carbons (Fsp3) is 0.588. The largest absolute Gasteiger partial charge is 0.416 e. The molecule has 0 atom stereocenters. The van der Waals surface area contributed by atoms with E-state index < -0.39 is 11.7 Å². The van der Waals surface area contributed by atoms with Crippen molar-refractivity contribution in [1.82, 2.24) is 10.2 Å². The van der Waals surface area contributed by atoms with Crippen LogP contribution in [-0.2, 0) is 22.2 Å². The summed E-state index contributed by atoms with van der Waals surface area (Å²) < 4.78 is 48.1. The van der Waals surface area contributed by atoms with Crippen molar-refractivity contribution in [3.8, 4) is 0 Å². The minimum atomic E-state index is -4.32. The number of alkyl halides is 3. The van der Waals surface area contributed by atoms with Crippen LogP contribution in [-0.4, -0.2) is 57.9 Å². The predicted molar refractivity (Wildman–Crippen MR) is 107 cm³/mol. The van der Waals surface area contributed by atoms with Crippen LogP contribution in [0.3, 0.4) is 0 Å². The van der Waals surface area contributed by atoms with Gasteiger partial charge >= 0.3 is 6.18 Å². The monoisotopic (exact) mass is 489 g/mol. The van der Waals surface area contributed by atoms with Crippen molar-refractivity contribution in [3.05, 3.63) is 35.4 Å². The molecule has 0 bridgehead atoms. The van der Waals surface area contributed by atoms with Crippen LogP contribution in [0, 0.1) is 0 Å². The Kier molecular flexibility index (Phi) is 12.6. The minimum Gasteiger partial charge on any atom is -0.382 e. The van der Waals surface area contributed by atoms with Crippen LogP contribution in [0.5, 0.6) is 0 Å². The smallest absolute Gasteiger partial charge is 0.382 e. The van der Waals surface area contributed by atoms with Crippen molar-refractivity contribution < 1.29 is 22.6 Å². The van der Waals surface area contributed by atoms with Gasteiger partial charge in [0.25, 0.3) is 0 Å². The van der Waals surface area contributed by atoms with Gasteiger partial charge in [0.05, 0.1) is 31.9 Å². The second-order valence-electron chi connectivity index (χ2n) is 5.39. The molecule has 5 nitrogen and oxygen atoms in total. The summed E-state index contributed by atoms with van der Waals surface area (Å²) in [4.78, 5) is 6.31. The Morgan fingerprint density at radius 2 is 1.81 bits per heavy atom. The Morgan fingerprint density at radius 1 is 1.15 bits per heavy atom. The lowest BCUT2D eigenvalue weighted by Gasteiger charge is -2.22. The van der Waals surface area contributed by atoms with Crippen LogP contribution >= 0.6 is 24.0 Å². The lowest BCUT2D eigenvalue weighted by molar-refractivity contribution is -0.137. The third-order valence-corrected chi connectivity index (χ3v) is 3.33. The zero-order valence-corrected chi connectivity index (χ0v) is 17.6. The van der Waals surface area contributed by atoms with Gasteiger partial charge in [-0.25, -0.2) is 0 Å². The SMILES string of the molecule is CCNC(=NCCOCCOC)N(C)Cc1ccc(C(F)(F)F)cc1.I. The van der Waals surface area contributed by atoms with E-state index in [-0.39, 0.29) is 24.0 Å². The Morgan fingerprint density at radius 3 is 2.35 bits per heavy atom. The molecule has 9 heteroatoms. The molecule has 1 aromatic carbocycles. The maximum atomic E-state index is 12.6. The van der Waals surface area contributed by atoms with E-state index in [2.05, 4.69) is 10.3 Å². The first-order valence-electron chi connectivity index (χ1n) is 8.10. The predicted octanol–water partition coefficient (Wildman–Crippen LogP) is 3.38. The highest BCUT2D eigenvalue weighted by Crippen LogP contribution is 2.29. The van der Waals surface area contributed by atoms with Crippen LogP contribution in [0.25, 0.3) is 0 Å². The molecule has 26 heavy (non-hydrogen) atoms. The molecule has 1 rings (SSSR count). The van der Waals surface area contributed by atoms with Crippen molar-refractivity contribution in [2.24, 2.45) is 4.99 Å². The molecule has 0 fully saturated rings. The number of ether oxygens (including phenoxy) is 2. The van der Waals surface area contributed by atoms with Crippen LogP contribution < -0.4 is 5.32 Å². The van der Waals surface area contributed by atoms with E-state index in [0.29, 0.717) is 45.4 Å². The summed E-state index contributed by atoms with van der Waals surface area (Å²) in [7, 11) is 3.45. The quantitative estimate of drug-likeness (QED) is 0.250. The average molecular weight is 489 g/mol. The Hall–Kier alpha value is -1.07. The molecule has 0 spiro atoms. The third-order valence-electron chi connectivity index (χ3n) is 3.33. The molecule has 0 radical (unpaired) electrons. The van der Waals surface area contributed by atoms with Crippen molar-refractivity contribution in [1.29, 1.82) is 0 Å². The zero-order chi connectivity index (χ0) is 18.7. The number of aliphatic imine (C=N–C) groups is 1. The summed E-state index contributed by atoms with van der Waals surface area (Å²) >= 11 is 0. The third kappa shape index (κ3) is 9.58. The highest BCUT2D eigenvalue weighted by Gasteiger charge is 2.29. The molecular formula is C17H27F3IN3O2. The first-order valence-corrected chi connectivity index (χ1v) is 8.10. The number of halogens is 4. The lowest BCUT2D eigenvalue weighted by Crippen LogP contribution is -2.38. The zero-order valence-electron chi connectivity index (χ0n) is 15.3. The van der Waals surface area contributed by atoms with Crippen LogP contribution in [0.4, 0.5) is 13.2 Å². The molecule has 150 valence electrons. The maximum absolute atomic E-state index is 12.6. The number of nitrogens with zero attached hydrogens (tertiary/aromatic N) is 2. The average Bonchev–Trinajstić information content (AvgIpc) is 2.56. The Balaban J connectivity index is 0.00000625. The number of methoxy groups -OCH3 is 1.